The number of fused-ring (bicyclic) bond motifs is 2. The van der Waals surface area contributed by atoms with Gasteiger partial charge in [0.2, 0.25) is 5.91 Å². The molecule has 27 heavy (non-hydrogen) atoms. The molecule has 0 saturated carbocycles. The van der Waals surface area contributed by atoms with Crippen molar-refractivity contribution < 1.29 is 4.79 Å². The van der Waals surface area contributed by atoms with E-state index in [1.165, 1.54) is 22.9 Å². The lowest BCUT2D eigenvalue weighted by Gasteiger charge is -2.28. The van der Waals surface area contributed by atoms with Crippen molar-refractivity contribution in [1.82, 2.24) is 14.5 Å². The van der Waals surface area contributed by atoms with Crippen LogP contribution in [0.5, 0.6) is 0 Å². The molecule has 2 aromatic carbocycles. The molecule has 2 heterocycles. The standard InChI is InChI=1S/C21H21N3O2S/c1-2-24-20(26)17-9-5-6-10-18(17)22-21(24)27-14-19(25)23-12-11-15-7-3-4-8-16(15)13-23/h3-10H,2,11-14H2,1H3. The average Bonchev–Trinajstić information content (AvgIpc) is 2.71. The van der Waals surface area contributed by atoms with Crippen LogP contribution >= 0.6 is 11.8 Å². The molecular formula is C21H21N3O2S. The van der Waals surface area contributed by atoms with Crippen LogP contribution in [0.15, 0.2) is 58.5 Å². The number of carbonyl (C=O) groups is 1. The van der Waals surface area contributed by atoms with Gasteiger partial charge in [0.25, 0.3) is 5.56 Å². The van der Waals surface area contributed by atoms with Gasteiger partial charge in [-0.2, -0.15) is 0 Å². The molecule has 4 rings (SSSR count). The second-order valence-corrected chi connectivity index (χ2v) is 7.53. The summed E-state index contributed by atoms with van der Waals surface area (Å²) in [4.78, 5) is 31.9. The van der Waals surface area contributed by atoms with Crippen LogP contribution in [0.3, 0.4) is 0 Å². The molecule has 138 valence electrons. The number of para-hydroxylation sites is 1. The molecule has 0 radical (unpaired) electrons. The van der Waals surface area contributed by atoms with Gasteiger partial charge in [-0.25, -0.2) is 4.98 Å². The molecule has 3 aromatic rings. The Kier molecular flexibility index (Phi) is 4.99. The summed E-state index contributed by atoms with van der Waals surface area (Å²) in [6.45, 7) is 3.85. The lowest BCUT2D eigenvalue weighted by molar-refractivity contribution is -0.129. The number of carbonyl (C=O) groups excluding carboxylic acids is 1. The monoisotopic (exact) mass is 379 g/mol. The van der Waals surface area contributed by atoms with E-state index < -0.39 is 0 Å². The van der Waals surface area contributed by atoms with E-state index in [1.807, 2.05) is 42.2 Å². The largest absolute Gasteiger partial charge is 0.337 e. The molecule has 6 heteroatoms. The van der Waals surface area contributed by atoms with Gasteiger partial charge >= 0.3 is 0 Å². The van der Waals surface area contributed by atoms with Gasteiger partial charge in [-0.3, -0.25) is 14.2 Å². The van der Waals surface area contributed by atoms with Crippen LogP contribution in [-0.2, 0) is 24.3 Å². The van der Waals surface area contributed by atoms with E-state index in [0.717, 1.165) is 13.0 Å². The number of thioether (sulfide) groups is 1. The maximum atomic E-state index is 12.7. The summed E-state index contributed by atoms with van der Waals surface area (Å²) >= 11 is 1.34. The summed E-state index contributed by atoms with van der Waals surface area (Å²) < 4.78 is 1.64. The fourth-order valence-electron chi connectivity index (χ4n) is 3.46. The van der Waals surface area contributed by atoms with Gasteiger partial charge in [0, 0.05) is 19.6 Å². The van der Waals surface area contributed by atoms with E-state index in [2.05, 4.69) is 17.1 Å². The summed E-state index contributed by atoms with van der Waals surface area (Å²) in [7, 11) is 0. The normalized spacial score (nSPS) is 13.6. The van der Waals surface area contributed by atoms with E-state index >= 15 is 0 Å². The quantitative estimate of drug-likeness (QED) is 0.516. The number of amides is 1. The Bertz CT molecular complexity index is 1060. The molecule has 0 atom stereocenters. The zero-order valence-electron chi connectivity index (χ0n) is 15.2. The summed E-state index contributed by atoms with van der Waals surface area (Å²) in [6, 6.07) is 15.6. The van der Waals surface area contributed by atoms with Crippen molar-refractivity contribution in [1.29, 1.82) is 0 Å². The lowest BCUT2D eigenvalue weighted by atomic mass is 10.00. The number of hydrogen-bond donors (Lipinski definition) is 0. The van der Waals surface area contributed by atoms with Gasteiger partial charge < -0.3 is 4.90 Å². The molecule has 1 aromatic heterocycles. The Morgan fingerprint density at radius 1 is 1.11 bits per heavy atom. The highest BCUT2D eigenvalue weighted by Crippen LogP contribution is 2.22. The first-order chi connectivity index (χ1) is 13.2. The van der Waals surface area contributed by atoms with Crippen molar-refractivity contribution in [3.63, 3.8) is 0 Å². The third kappa shape index (κ3) is 3.49. The molecule has 1 amide bonds. The van der Waals surface area contributed by atoms with Crippen molar-refractivity contribution in [3.05, 3.63) is 70.0 Å². The minimum absolute atomic E-state index is 0.0510. The lowest BCUT2D eigenvalue weighted by Crippen LogP contribution is -2.37. The average molecular weight is 379 g/mol. The smallest absolute Gasteiger partial charge is 0.262 e. The Hall–Kier alpha value is -2.60. The Labute approximate surface area is 162 Å². The molecule has 0 bridgehead atoms. The van der Waals surface area contributed by atoms with E-state index in [4.69, 9.17) is 0 Å². The van der Waals surface area contributed by atoms with Crippen LogP contribution in [0.1, 0.15) is 18.1 Å². The van der Waals surface area contributed by atoms with Crippen LogP contribution in [0, 0.1) is 0 Å². The molecule has 0 unspecified atom stereocenters. The third-order valence-corrected chi connectivity index (χ3v) is 5.91. The van der Waals surface area contributed by atoms with Crippen molar-refractivity contribution >= 4 is 28.6 Å². The Morgan fingerprint density at radius 3 is 2.67 bits per heavy atom. The van der Waals surface area contributed by atoms with Crippen molar-refractivity contribution in [2.24, 2.45) is 0 Å². The number of hydrogen-bond acceptors (Lipinski definition) is 4. The molecule has 0 spiro atoms. The first kappa shape index (κ1) is 17.8. The molecule has 1 aliphatic rings. The molecule has 0 aliphatic carbocycles. The van der Waals surface area contributed by atoms with Crippen molar-refractivity contribution in [2.75, 3.05) is 12.3 Å². The number of aromatic nitrogens is 2. The van der Waals surface area contributed by atoms with Gasteiger partial charge in [-0.15, -0.1) is 0 Å². The summed E-state index contributed by atoms with van der Waals surface area (Å²) in [5, 5.41) is 1.22. The Morgan fingerprint density at radius 2 is 1.85 bits per heavy atom. The van der Waals surface area contributed by atoms with Crippen LogP contribution in [0.4, 0.5) is 0 Å². The first-order valence-corrected chi connectivity index (χ1v) is 10.1. The first-order valence-electron chi connectivity index (χ1n) is 9.14. The molecule has 0 saturated heterocycles. The Balaban J connectivity index is 1.52. The molecule has 1 aliphatic heterocycles. The highest BCUT2D eigenvalue weighted by atomic mass is 32.2. The molecule has 0 N–H and O–H groups in total. The second kappa shape index (κ2) is 7.56. The summed E-state index contributed by atoms with van der Waals surface area (Å²) in [6.07, 6.45) is 0.889. The highest BCUT2D eigenvalue weighted by Gasteiger charge is 2.21. The zero-order chi connectivity index (χ0) is 18.8. The van der Waals surface area contributed by atoms with Gasteiger partial charge in [0.05, 0.1) is 16.7 Å². The molecule has 0 fully saturated rings. The third-order valence-electron chi connectivity index (χ3n) is 4.95. The fourth-order valence-corrected chi connectivity index (χ4v) is 4.43. The predicted octanol–water partition coefficient (Wildman–Crippen LogP) is 3.09. The minimum Gasteiger partial charge on any atom is -0.337 e. The van der Waals surface area contributed by atoms with Gasteiger partial charge in [-0.1, -0.05) is 48.2 Å². The van der Waals surface area contributed by atoms with Crippen LogP contribution in [0.25, 0.3) is 10.9 Å². The predicted molar refractivity (Wildman–Crippen MR) is 108 cm³/mol. The highest BCUT2D eigenvalue weighted by molar-refractivity contribution is 7.99. The van der Waals surface area contributed by atoms with Crippen LogP contribution in [-0.4, -0.2) is 32.7 Å². The maximum Gasteiger partial charge on any atom is 0.262 e. The SMILES string of the molecule is CCn1c(SCC(=O)N2CCc3ccccc3C2)nc2ccccc2c1=O. The van der Waals surface area contributed by atoms with Gasteiger partial charge in [0.15, 0.2) is 5.16 Å². The van der Waals surface area contributed by atoms with Gasteiger partial charge in [0.1, 0.15) is 0 Å². The van der Waals surface area contributed by atoms with Gasteiger partial charge in [-0.05, 0) is 36.6 Å². The van der Waals surface area contributed by atoms with E-state index in [0.29, 0.717) is 29.1 Å². The number of nitrogens with zero attached hydrogens (tertiary/aromatic N) is 3. The second-order valence-electron chi connectivity index (χ2n) is 6.58. The maximum absolute atomic E-state index is 12.7. The molecular weight excluding hydrogens is 358 g/mol. The number of rotatable bonds is 4. The van der Waals surface area contributed by atoms with Crippen molar-refractivity contribution in [2.45, 2.75) is 31.6 Å². The van der Waals surface area contributed by atoms with E-state index in [1.54, 1.807) is 10.6 Å². The molecule has 5 nitrogen and oxygen atoms in total. The van der Waals surface area contributed by atoms with Crippen LogP contribution in [0.2, 0.25) is 0 Å². The minimum atomic E-state index is -0.0510. The topological polar surface area (TPSA) is 55.2 Å². The van der Waals surface area contributed by atoms with E-state index in [-0.39, 0.29) is 17.2 Å². The number of benzene rings is 2. The zero-order valence-corrected chi connectivity index (χ0v) is 16.0. The van der Waals surface area contributed by atoms with Crippen LogP contribution < -0.4 is 5.56 Å². The summed E-state index contributed by atoms with van der Waals surface area (Å²) in [5.74, 6) is 0.368. The summed E-state index contributed by atoms with van der Waals surface area (Å²) in [5.41, 5.74) is 3.17. The van der Waals surface area contributed by atoms with Crippen molar-refractivity contribution in [3.8, 4) is 0 Å². The fraction of sp³-hybridized carbons (Fsp3) is 0.286. The van der Waals surface area contributed by atoms with E-state index in [9.17, 15) is 9.59 Å².